The second-order valence-corrected chi connectivity index (χ2v) is 11.2. The molecule has 0 bridgehead atoms. The van der Waals surface area contributed by atoms with Gasteiger partial charge >= 0.3 is 0 Å². The molecular formula is C9H23NSi. The van der Waals surface area contributed by atoms with E-state index >= 15 is 0 Å². The first-order chi connectivity index (χ1) is 4.63. The highest BCUT2D eigenvalue weighted by atomic mass is 28.3. The maximum absolute atomic E-state index is 6.10. The minimum Gasteiger partial charge on any atom is -0.330 e. The van der Waals surface area contributed by atoms with Crippen molar-refractivity contribution in [1.82, 2.24) is 0 Å². The van der Waals surface area contributed by atoms with Crippen molar-refractivity contribution in [3.63, 3.8) is 0 Å². The third-order valence-corrected chi connectivity index (χ3v) is 4.37. The van der Waals surface area contributed by atoms with Gasteiger partial charge in [-0.25, -0.2) is 0 Å². The van der Waals surface area contributed by atoms with Crippen LogP contribution >= 0.6 is 0 Å². The van der Waals surface area contributed by atoms with Crippen LogP contribution in [0.5, 0.6) is 0 Å². The molecule has 0 fully saturated rings. The highest BCUT2D eigenvalue weighted by molar-refractivity contribution is 6.77. The van der Waals surface area contributed by atoms with Gasteiger partial charge in [0.05, 0.1) is 8.07 Å². The van der Waals surface area contributed by atoms with Crippen LogP contribution in [0.2, 0.25) is 19.6 Å². The van der Waals surface area contributed by atoms with Gasteiger partial charge in [0.25, 0.3) is 0 Å². The Kier molecular flexibility index (Phi) is 3.33. The highest BCUT2D eigenvalue weighted by Crippen LogP contribution is 2.23. The predicted molar refractivity (Wildman–Crippen MR) is 55.4 cm³/mol. The van der Waals surface area contributed by atoms with E-state index < -0.39 is 8.07 Å². The van der Waals surface area contributed by atoms with Gasteiger partial charge < -0.3 is 5.73 Å². The van der Waals surface area contributed by atoms with E-state index in [1.54, 1.807) is 0 Å². The molecule has 1 atom stereocenters. The van der Waals surface area contributed by atoms with E-state index in [9.17, 15) is 0 Å². The van der Waals surface area contributed by atoms with Gasteiger partial charge in [0.15, 0.2) is 0 Å². The van der Waals surface area contributed by atoms with Crippen LogP contribution in [0.4, 0.5) is 0 Å². The third-order valence-electron chi connectivity index (χ3n) is 1.94. The summed E-state index contributed by atoms with van der Waals surface area (Å²) in [4.78, 5) is 0. The quantitative estimate of drug-likeness (QED) is 0.638. The Morgan fingerprint density at radius 3 is 1.64 bits per heavy atom. The molecule has 0 aliphatic rings. The van der Waals surface area contributed by atoms with Crippen LogP contribution in [0, 0.1) is 5.41 Å². The molecule has 1 nitrogen and oxygen atoms in total. The molecule has 2 heteroatoms. The number of hydrogen-bond acceptors (Lipinski definition) is 1. The summed E-state index contributed by atoms with van der Waals surface area (Å²) in [5.41, 5.74) is 6.93. The molecule has 68 valence electrons. The minimum absolute atomic E-state index is 0.389. The summed E-state index contributed by atoms with van der Waals surface area (Å²) in [6.45, 7) is 13.8. The molecule has 0 radical (unpaired) electrons. The van der Waals surface area contributed by atoms with E-state index in [2.05, 4.69) is 40.4 Å². The zero-order valence-electron chi connectivity index (χ0n) is 8.86. The first-order valence-electron chi connectivity index (χ1n) is 4.38. The molecule has 11 heavy (non-hydrogen) atoms. The largest absolute Gasteiger partial charge is 0.330 e. The molecule has 0 saturated carbocycles. The third kappa shape index (κ3) is 5.45. The van der Waals surface area contributed by atoms with Gasteiger partial charge in [0.2, 0.25) is 0 Å². The van der Waals surface area contributed by atoms with Crippen LogP contribution in [0.1, 0.15) is 27.2 Å². The fraction of sp³-hybridized carbons (Fsp3) is 1.00. The fourth-order valence-electron chi connectivity index (χ4n) is 0.966. The molecule has 0 aromatic rings. The van der Waals surface area contributed by atoms with E-state index in [1.165, 1.54) is 0 Å². The van der Waals surface area contributed by atoms with Crippen LogP contribution < -0.4 is 5.73 Å². The molecule has 0 saturated heterocycles. The van der Waals surface area contributed by atoms with Crippen LogP contribution in [-0.2, 0) is 0 Å². The summed E-state index contributed by atoms with van der Waals surface area (Å²) in [7, 11) is -1.09. The van der Waals surface area contributed by atoms with E-state index in [4.69, 9.17) is 5.73 Å². The Hall–Kier alpha value is 0.177. The topological polar surface area (TPSA) is 26.0 Å². The number of rotatable bonds is 2. The summed E-state index contributed by atoms with van der Waals surface area (Å²) < 4.78 is 0. The first kappa shape index (κ1) is 11.2. The lowest BCUT2D eigenvalue weighted by Crippen LogP contribution is -2.47. The average Bonchev–Trinajstić information content (AvgIpc) is 1.56. The molecule has 0 aromatic carbocycles. The lowest BCUT2D eigenvalue weighted by Gasteiger charge is -2.31. The van der Waals surface area contributed by atoms with Gasteiger partial charge in [-0.2, -0.15) is 0 Å². The molecule has 2 N–H and O–H groups in total. The predicted octanol–water partition coefficient (Wildman–Crippen LogP) is 2.63. The lowest BCUT2D eigenvalue weighted by atomic mass is 9.92. The lowest BCUT2D eigenvalue weighted by molar-refractivity contribution is 0.368. The van der Waals surface area contributed by atoms with Gasteiger partial charge in [-0.3, -0.25) is 0 Å². The van der Waals surface area contributed by atoms with Crippen LogP contribution in [0.25, 0.3) is 0 Å². The van der Waals surface area contributed by atoms with Crippen molar-refractivity contribution in [3.05, 3.63) is 0 Å². The summed E-state index contributed by atoms with van der Waals surface area (Å²) in [5.74, 6) is 0. The van der Waals surface area contributed by atoms with Gasteiger partial charge in [-0.15, -0.1) is 0 Å². The van der Waals surface area contributed by atoms with Crippen LogP contribution in [-0.4, -0.2) is 13.7 Å². The van der Waals surface area contributed by atoms with Crippen LogP contribution in [0.15, 0.2) is 0 Å². The van der Waals surface area contributed by atoms with Gasteiger partial charge in [0, 0.05) is 0 Å². The highest BCUT2D eigenvalue weighted by Gasteiger charge is 2.26. The zero-order chi connectivity index (χ0) is 9.28. The van der Waals surface area contributed by atoms with Crippen molar-refractivity contribution in [2.75, 3.05) is 0 Å². The summed E-state index contributed by atoms with van der Waals surface area (Å²) in [5, 5.41) is 0. The molecule has 0 rings (SSSR count). The fourth-order valence-corrected chi connectivity index (χ4v) is 2.19. The summed E-state index contributed by atoms with van der Waals surface area (Å²) >= 11 is 0. The second kappa shape index (κ2) is 3.28. The van der Waals surface area contributed by atoms with Crippen LogP contribution in [0.3, 0.4) is 0 Å². The standard InChI is InChI=1S/C9H23NSi/c1-9(2,3)7-8(10)11(4,5)6/h8H,7,10H2,1-6H3. The molecule has 0 aliphatic heterocycles. The van der Waals surface area contributed by atoms with Gasteiger partial charge in [-0.05, 0) is 17.5 Å². The van der Waals surface area contributed by atoms with Crippen molar-refractivity contribution in [2.45, 2.75) is 52.5 Å². The van der Waals surface area contributed by atoms with Crippen molar-refractivity contribution >= 4 is 8.07 Å². The van der Waals surface area contributed by atoms with Crippen molar-refractivity contribution in [3.8, 4) is 0 Å². The molecule has 1 unspecified atom stereocenters. The summed E-state index contributed by atoms with van der Waals surface area (Å²) in [6, 6.07) is 0. The van der Waals surface area contributed by atoms with Gasteiger partial charge in [0.1, 0.15) is 0 Å². The molecular weight excluding hydrogens is 150 g/mol. The maximum Gasteiger partial charge on any atom is 0.0632 e. The van der Waals surface area contributed by atoms with E-state index in [1.807, 2.05) is 0 Å². The Balaban J connectivity index is 3.99. The second-order valence-electron chi connectivity index (χ2n) is 5.74. The molecule has 0 spiro atoms. The minimum atomic E-state index is -1.09. The van der Waals surface area contributed by atoms with Crippen molar-refractivity contribution in [2.24, 2.45) is 11.1 Å². The average molecular weight is 173 g/mol. The van der Waals surface area contributed by atoms with E-state index in [0.29, 0.717) is 11.1 Å². The molecule has 0 aromatic heterocycles. The normalized spacial score (nSPS) is 16.6. The molecule has 0 aliphatic carbocycles. The monoisotopic (exact) mass is 173 g/mol. The van der Waals surface area contributed by atoms with Crippen molar-refractivity contribution in [1.29, 1.82) is 0 Å². The Morgan fingerprint density at radius 1 is 1.18 bits per heavy atom. The number of hydrogen-bond donors (Lipinski definition) is 1. The zero-order valence-corrected chi connectivity index (χ0v) is 9.86. The number of nitrogens with two attached hydrogens (primary N) is 1. The molecule has 0 heterocycles. The Bertz CT molecular complexity index is 119. The van der Waals surface area contributed by atoms with E-state index in [-0.39, 0.29) is 0 Å². The SMILES string of the molecule is CC(C)(C)CC(N)[Si](C)(C)C. The Labute approximate surface area is 72.4 Å². The first-order valence-corrected chi connectivity index (χ1v) is 7.96. The molecule has 0 amide bonds. The van der Waals surface area contributed by atoms with Gasteiger partial charge in [-0.1, -0.05) is 40.4 Å². The van der Waals surface area contributed by atoms with E-state index in [0.717, 1.165) is 6.42 Å². The Morgan fingerprint density at radius 2 is 1.55 bits per heavy atom. The maximum atomic E-state index is 6.10. The van der Waals surface area contributed by atoms with Crippen molar-refractivity contribution < 1.29 is 0 Å². The summed E-state index contributed by atoms with van der Waals surface area (Å²) in [6.07, 6.45) is 1.16. The smallest absolute Gasteiger partial charge is 0.0632 e.